The molecule has 0 fully saturated rings. The van der Waals surface area contributed by atoms with Gasteiger partial charge in [-0.3, -0.25) is 0 Å². The van der Waals surface area contributed by atoms with Crippen molar-refractivity contribution < 1.29 is 9.13 Å². The summed E-state index contributed by atoms with van der Waals surface area (Å²) < 4.78 is 19.8. The van der Waals surface area contributed by atoms with Crippen molar-refractivity contribution in [3.63, 3.8) is 0 Å². The predicted molar refractivity (Wildman–Crippen MR) is 142 cm³/mol. The monoisotopic (exact) mass is 470 g/mol. The Bertz CT molecular complexity index is 732. The quantitative estimate of drug-likeness (QED) is 0.181. The molecule has 0 aliphatic rings. The minimum Gasteiger partial charge on any atom is -0.493 e. The number of benzene rings is 1. The SMILES string of the molecule is CCCCCCCCCCc1cnc(-c2ccc(OCCC(F)CCCCCCC)cc2)nc1. The third-order valence-electron chi connectivity index (χ3n) is 6.46. The van der Waals surface area contributed by atoms with Crippen LogP contribution in [0.1, 0.15) is 116 Å². The summed E-state index contributed by atoms with van der Waals surface area (Å²) in [6.07, 6.45) is 21.8. The fraction of sp³-hybridized carbons (Fsp3) is 0.667. The van der Waals surface area contributed by atoms with Crippen LogP contribution in [-0.4, -0.2) is 22.7 Å². The number of nitrogens with zero attached hydrogens (tertiary/aromatic N) is 2. The van der Waals surface area contributed by atoms with Crippen molar-refractivity contribution in [3.05, 3.63) is 42.2 Å². The number of aromatic nitrogens is 2. The van der Waals surface area contributed by atoms with Gasteiger partial charge >= 0.3 is 0 Å². The van der Waals surface area contributed by atoms with Crippen LogP contribution in [0.3, 0.4) is 0 Å². The van der Waals surface area contributed by atoms with Gasteiger partial charge in [0, 0.05) is 24.4 Å². The third kappa shape index (κ3) is 12.5. The summed E-state index contributed by atoms with van der Waals surface area (Å²) in [7, 11) is 0. The van der Waals surface area contributed by atoms with Crippen molar-refractivity contribution >= 4 is 0 Å². The molecule has 0 amide bonds. The van der Waals surface area contributed by atoms with Crippen molar-refractivity contribution in [3.8, 4) is 17.1 Å². The van der Waals surface area contributed by atoms with E-state index in [-0.39, 0.29) is 0 Å². The Kier molecular flexibility index (Phi) is 15.3. The standard InChI is InChI=1S/C30H47FN2O/c1-3-5-7-9-10-11-13-14-16-26-24-32-30(33-25-26)27-18-20-29(21-19-27)34-23-22-28(31)17-15-12-8-6-4-2/h18-21,24-25,28H,3-17,22-23H2,1-2H3. The molecule has 0 aliphatic carbocycles. The zero-order valence-corrected chi connectivity index (χ0v) is 21.7. The number of unbranched alkanes of at least 4 members (excludes halogenated alkanes) is 11. The van der Waals surface area contributed by atoms with E-state index in [1.165, 1.54) is 76.2 Å². The summed E-state index contributed by atoms with van der Waals surface area (Å²) in [6.45, 7) is 4.88. The molecule has 0 saturated carbocycles. The lowest BCUT2D eigenvalue weighted by molar-refractivity contribution is 0.222. The second-order valence-corrected chi connectivity index (χ2v) is 9.60. The fourth-order valence-corrected chi connectivity index (χ4v) is 4.21. The Morgan fingerprint density at radius 3 is 1.88 bits per heavy atom. The normalized spacial score (nSPS) is 12.1. The van der Waals surface area contributed by atoms with Crippen LogP contribution >= 0.6 is 0 Å². The molecule has 190 valence electrons. The lowest BCUT2D eigenvalue weighted by Crippen LogP contribution is -2.07. The molecule has 34 heavy (non-hydrogen) atoms. The first-order valence-corrected chi connectivity index (χ1v) is 13.9. The summed E-state index contributed by atoms with van der Waals surface area (Å²) in [5, 5.41) is 0. The van der Waals surface area contributed by atoms with E-state index in [2.05, 4.69) is 23.8 Å². The number of halogens is 1. The molecular formula is C30H47FN2O. The Hall–Kier alpha value is -1.97. The van der Waals surface area contributed by atoms with Gasteiger partial charge < -0.3 is 4.74 Å². The van der Waals surface area contributed by atoms with Gasteiger partial charge in [-0.1, -0.05) is 90.9 Å². The number of aryl methyl sites for hydroxylation is 1. The minimum atomic E-state index is -0.765. The van der Waals surface area contributed by atoms with Gasteiger partial charge in [-0.15, -0.1) is 0 Å². The summed E-state index contributed by atoms with van der Waals surface area (Å²) in [5.74, 6) is 1.50. The lowest BCUT2D eigenvalue weighted by Gasteiger charge is -2.10. The van der Waals surface area contributed by atoms with E-state index in [4.69, 9.17) is 4.74 Å². The topological polar surface area (TPSA) is 35.0 Å². The van der Waals surface area contributed by atoms with E-state index in [0.717, 1.165) is 36.4 Å². The van der Waals surface area contributed by atoms with Crippen molar-refractivity contribution in [1.29, 1.82) is 0 Å². The Morgan fingerprint density at radius 1 is 0.706 bits per heavy atom. The van der Waals surface area contributed by atoms with E-state index >= 15 is 0 Å². The molecule has 0 saturated heterocycles. The van der Waals surface area contributed by atoms with Crippen LogP contribution in [0.15, 0.2) is 36.7 Å². The van der Waals surface area contributed by atoms with E-state index < -0.39 is 6.17 Å². The molecule has 1 heterocycles. The molecule has 3 nitrogen and oxygen atoms in total. The lowest BCUT2D eigenvalue weighted by atomic mass is 10.1. The maximum absolute atomic E-state index is 14.0. The summed E-state index contributed by atoms with van der Waals surface area (Å²) in [5.41, 5.74) is 2.18. The van der Waals surface area contributed by atoms with E-state index in [0.29, 0.717) is 19.4 Å². The van der Waals surface area contributed by atoms with Gasteiger partial charge in [-0.05, 0) is 49.1 Å². The Balaban J connectivity index is 1.62. The van der Waals surface area contributed by atoms with Crippen molar-refractivity contribution in [2.24, 2.45) is 0 Å². The zero-order chi connectivity index (χ0) is 24.3. The van der Waals surface area contributed by atoms with Crippen molar-refractivity contribution in [2.75, 3.05) is 6.61 Å². The van der Waals surface area contributed by atoms with Gasteiger partial charge in [0.15, 0.2) is 5.82 Å². The molecule has 0 N–H and O–H groups in total. The van der Waals surface area contributed by atoms with E-state index in [1.54, 1.807) is 0 Å². The number of rotatable bonds is 20. The predicted octanol–water partition coefficient (Wildman–Crippen LogP) is 9.29. The highest BCUT2D eigenvalue weighted by Crippen LogP contribution is 2.20. The average molecular weight is 471 g/mol. The second kappa shape index (κ2) is 18.4. The Labute approximate surface area is 208 Å². The zero-order valence-electron chi connectivity index (χ0n) is 21.7. The molecule has 0 radical (unpaired) electrons. The number of hydrogen-bond donors (Lipinski definition) is 0. The van der Waals surface area contributed by atoms with Crippen LogP contribution in [0.2, 0.25) is 0 Å². The first-order valence-electron chi connectivity index (χ1n) is 13.9. The van der Waals surface area contributed by atoms with Gasteiger partial charge in [0.2, 0.25) is 0 Å². The molecule has 2 aromatic rings. The maximum atomic E-state index is 14.0. The smallest absolute Gasteiger partial charge is 0.159 e. The van der Waals surface area contributed by atoms with Crippen molar-refractivity contribution in [1.82, 2.24) is 9.97 Å². The molecule has 0 spiro atoms. The largest absolute Gasteiger partial charge is 0.493 e. The Morgan fingerprint density at radius 2 is 1.26 bits per heavy atom. The first kappa shape index (κ1) is 28.3. The number of alkyl halides is 1. The van der Waals surface area contributed by atoms with E-state index in [9.17, 15) is 4.39 Å². The van der Waals surface area contributed by atoms with Crippen LogP contribution in [0.4, 0.5) is 4.39 Å². The molecule has 2 rings (SSSR count). The van der Waals surface area contributed by atoms with Crippen LogP contribution in [-0.2, 0) is 6.42 Å². The molecule has 1 aromatic carbocycles. The maximum Gasteiger partial charge on any atom is 0.159 e. The van der Waals surface area contributed by atoms with E-state index in [1.807, 2.05) is 36.7 Å². The van der Waals surface area contributed by atoms with Crippen LogP contribution in [0.5, 0.6) is 5.75 Å². The molecule has 1 aromatic heterocycles. The van der Waals surface area contributed by atoms with Gasteiger partial charge in [0.1, 0.15) is 11.9 Å². The molecule has 0 aliphatic heterocycles. The van der Waals surface area contributed by atoms with Gasteiger partial charge in [0.05, 0.1) is 6.61 Å². The highest BCUT2D eigenvalue weighted by Gasteiger charge is 2.07. The average Bonchev–Trinajstić information content (AvgIpc) is 2.86. The minimum absolute atomic E-state index is 0.416. The number of hydrogen-bond acceptors (Lipinski definition) is 3. The third-order valence-corrected chi connectivity index (χ3v) is 6.46. The molecule has 0 bridgehead atoms. The summed E-state index contributed by atoms with van der Waals surface area (Å²) >= 11 is 0. The van der Waals surface area contributed by atoms with Crippen LogP contribution in [0, 0.1) is 0 Å². The molecule has 1 atom stereocenters. The van der Waals surface area contributed by atoms with Crippen LogP contribution < -0.4 is 4.74 Å². The summed E-state index contributed by atoms with van der Waals surface area (Å²) in [6, 6.07) is 7.79. The van der Waals surface area contributed by atoms with Gasteiger partial charge in [-0.2, -0.15) is 0 Å². The fourth-order valence-electron chi connectivity index (χ4n) is 4.21. The number of ether oxygens (including phenoxy) is 1. The van der Waals surface area contributed by atoms with Gasteiger partial charge in [0.25, 0.3) is 0 Å². The summed E-state index contributed by atoms with van der Waals surface area (Å²) in [4.78, 5) is 9.12. The molecule has 4 heteroatoms. The van der Waals surface area contributed by atoms with Crippen molar-refractivity contribution in [2.45, 2.75) is 123 Å². The highest BCUT2D eigenvalue weighted by atomic mass is 19.1. The van der Waals surface area contributed by atoms with Gasteiger partial charge in [-0.25, -0.2) is 14.4 Å². The molecule has 1 unspecified atom stereocenters. The first-order chi connectivity index (χ1) is 16.7. The highest BCUT2D eigenvalue weighted by molar-refractivity contribution is 5.55. The second-order valence-electron chi connectivity index (χ2n) is 9.60. The molecular weight excluding hydrogens is 423 g/mol. The van der Waals surface area contributed by atoms with Crippen LogP contribution in [0.25, 0.3) is 11.4 Å².